The van der Waals surface area contributed by atoms with Crippen molar-refractivity contribution in [1.29, 1.82) is 0 Å². The van der Waals surface area contributed by atoms with Crippen LogP contribution in [0, 0.1) is 0 Å². The molecular weight excluding hydrogens is 212 g/mol. The van der Waals surface area contributed by atoms with Crippen LogP contribution in [0.5, 0.6) is 0 Å². The molecule has 1 aromatic heterocycles. The summed E-state index contributed by atoms with van der Waals surface area (Å²) < 4.78 is 2.22. The molecule has 4 nitrogen and oxygen atoms in total. The van der Waals surface area contributed by atoms with Crippen molar-refractivity contribution in [3.8, 4) is 0 Å². The third-order valence-corrected chi connectivity index (χ3v) is 3.78. The standard InChI is InChI=1S/C13H24N4/c1-3-16-10-15-8-12(16)9-17-7-5-4-6-13(17)11(2)14/h8,10-11,13H,3-7,9,14H2,1-2H3. The van der Waals surface area contributed by atoms with Crippen LogP contribution in [0.15, 0.2) is 12.5 Å². The first kappa shape index (κ1) is 12.6. The van der Waals surface area contributed by atoms with Gasteiger partial charge in [-0.05, 0) is 33.2 Å². The van der Waals surface area contributed by atoms with Gasteiger partial charge in [0.15, 0.2) is 0 Å². The Hall–Kier alpha value is -0.870. The van der Waals surface area contributed by atoms with Crippen molar-refractivity contribution < 1.29 is 0 Å². The molecule has 96 valence electrons. The molecule has 17 heavy (non-hydrogen) atoms. The van der Waals surface area contributed by atoms with Gasteiger partial charge in [-0.15, -0.1) is 0 Å². The zero-order valence-corrected chi connectivity index (χ0v) is 11.0. The molecule has 1 saturated heterocycles. The summed E-state index contributed by atoms with van der Waals surface area (Å²) in [6, 6.07) is 0.789. The van der Waals surface area contributed by atoms with Gasteiger partial charge in [0, 0.05) is 31.4 Å². The van der Waals surface area contributed by atoms with E-state index in [-0.39, 0.29) is 6.04 Å². The van der Waals surface area contributed by atoms with Crippen molar-refractivity contribution in [3.05, 3.63) is 18.2 Å². The third-order valence-electron chi connectivity index (χ3n) is 3.78. The minimum atomic E-state index is 0.258. The fourth-order valence-electron chi connectivity index (χ4n) is 2.78. The van der Waals surface area contributed by atoms with E-state index in [1.807, 2.05) is 12.5 Å². The second kappa shape index (κ2) is 5.65. The van der Waals surface area contributed by atoms with E-state index in [2.05, 4.69) is 28.3 Å². The highest BCUT2D eigenvalue weighted by molar-refractivity contribution is 5.00. The van der Waals surface area contributed by atoms with Crippen LogP contribution in [0.4, 0.5) is 0 Å². The summed E-state index contributed by atoms with van der Waals surface area (Å²) in [6.07, 6.45) is 7.74. The molecule has 1 aliphatic heterocycles. The average Bonchev–Trinajstić information content (AvgIpc) is 2.77. The molecule has 1 aliphatic rings. The van der Waals surface area contributed by atoms with Gasteiger partial charge < -0.3 is 10.3 Å². The smallest absolute Gasteiger partial charge is 0.0948 e. The number of nitrogens with zero attached hydrogens (tertiary/aromatic N) is 3. The predicted molar refractivity (Wildman–Crippen MR) is 69.6 cm³/mol. The molecule has 2 N–H and O–H groups in total. The molecule has 0 saturated carbocycles. The van der Waals surface area contributed by atoms with E-state index in [0.29, 0.717) is 6.04 Å². The maximum Gasteiger partial charge on any atom is 0.0948 e. The fraction of sp³-hybridized carbons (Fsp3) is 0.769. The maximum atomic E-state index is 6.09. The molecule has 0 aliphatic carbocycles. The van der Waals surface area contributed by atoms with Gasteiger partial charge in [-0.2, -0.15) is 0 Å². The molecular formula is C13H24N4. The minimum Gasteiger partial charge on any atom is -0.334 e. The molecule has 0 spiro atoms. The van der Waals surface area contributed by atoms with Gasteiger partial charge in [0.25, 0.3) is 0 Å². The number of aryl methyl sites for hydroxylation is 1. The second-order valence-corrected chi connectivity index (χ2v) is 5.06. The molecule has 1 aromatic rings. The average molecular weight is 236 g/mol. The van der Waals surface area contributed by atoms with Crippen LogP contribution < -0.4 is 5.73 Å². The lowest BCUT2D eigenvalue weighted by molar-refractivity contribution is 0.120. The Kier molecular flexibility index (Phi) is 4.18. The van der Waals surface area contributed by atoms with Crippen molar-refractivity contribution in [1.82, 2.24) is 14.5 Å². The number of piperidine rings is 1. The number of likely N-dealkylation sites (tertiary alicyclic amines) is 1. The molecule has 2 atom stereocenters. The molecule has 2 unspecified atom stereocenters. The van der Waals surface area contributed by atoms with Gasteiger partial charge in [-0.3, -0.25) is 4.90 Å². The minimum absolute atomic E-state index is 0.258. The van der Waals surface area contributed by atoms with Gasteiger partial charge >= 0.3 is 0 Å². The summed E-state index contributed by atoms with van der Waals surface area (Å²) in [7, 11) is 0. The predicted octanol–water partition coefficient (Wildman–Crippen LogP) is 1.60. The first-order chi connectivity index (χ1) is 8.22. The Morgan fingerprint density at radius 1 is 1.53 bits per heavy atom. The normalized spacial score (nSPS) is 23.8. The van der Waals surface area contributed by atoms with Crippen LogP contribution in [0.2, 0.25) is 0 Å². The highest BCUT2D eigenvalue weighted by atomic mass is 15.2. The first-order valence-corrected chi connectivity index (χ1v) is 6.71. The van der Waals surface area contributed by atoms with Crippen molar-refractivity contribution >= 4 is 0 Å². The second-order valence-electron chi connectivity index (χ2n) is 5.06. The zero-order valence-electron chi connectivity index (χ0n) is 11.0. The monoisotopic (exact) mass is 236 g/mol. The van der Waals surface area contributed by atoms with E-state index in [1.54, 1.807) is 0 Å². The lowest BCUT2D eigenvalue weighted by Crippen LogP contribution is -2.48. The van der Waals surface area contributed by atoms with Crippen molar-refractivity contribution in [3.63, 3.8) is 0 Å². The summed E-state index contributed by atoms with van der Waals surface area (Å²) in [5.74, 6) is 0. The van der Waals surface area contributed by atoms with E-state index >= 15 is 0 Å². The van der Waals surface area contributed by atoms with Gasteiger partial charge in [-0.25, -0.2) is 4.98 Å². The Labute approximate surface area is 104 Å². The number of hydrogen-bond acceptors (Lipinski definition) is 3. The number of hydrogen-bond donors (Lipinski definition) is 1. The molecule has 4 heteroatoms. The lowest BCUT2D eigenvalue weighted by atomic mass is 9.97. The number of aromatic nitrogens is 2. The van der Waals surface area contributed by atoms with Crippen LogP contribution >= 0.6 is 0 Å². The molecule has 0 radical (unpaired) electrons. The molecule has 1 fully saturated rings. The van der Waals surface area contributed by atoms with Crippen LogP contribution in [0.25, 0.3) is 0 Å². The van der Waals surface area contributed by atoms with Crippen molar-refractivity contribution in [2.45, 2.75) is 58.3 Å². The van der Waals surface area contributed by atoms with Crippen LogP contribution in [0.3, 0.4) is 0 Å². The Bertz CT molecular complexity index is 345. The third kappa shape index (κ3) is 2.87. The largest absolute Gasteiger partial charge is 0.334 e. The SMILES string of the molecule is CCn1cncc1CN1CCCCC1C(C)N. The summed E-state index contributed by atoms with van der Waals surface area (Å²) in [4.78, 5) is 6.76. The van der Waals surface area contributed by atoms with Gasteiger partial charge in [0.05, 0.1) is 12.0 Å². The van der Waals surface area contributed by atoms with Crippen LogP contribution in [-0.2, 0) is 13.1 Å². The highest BCUT2D eigenvalue weighted by Gasteiger charge is 2.25. The van der Waals surface area contributed by atoms with Crippen molar-refractivity contribution in [2.24, 2.45) is 5.73 Å². The Morgan fingerprint density at radius 3 is 3.06 bits per heavy atom. The van der Waals surface area contributed by atoms with E-state index in [4.69, 9.17) is 5.73 Å². The first-order valence-electron chi connectivity index (χ1n) is 6.71. The van der Waals surface area contributed by atoms with E-state index < -0.39 is 0 Å². The fourth-order valence-corrected chi connectivity index (χ4v) is 2.78. The molecule has 2 rings (SSSR count). The quantitative estimate of drug-likeness (QED) is 0.864. The molecule has 0 amide bonds. The van der Waals surface area contributed by atoms with Gasteiger partial charge in [-0.1, -0.05) is 6.42 Å². The van der Waals surface area contributed by atoms with Gasteiger partial charge in [0.2, 0.25) is 0 Å². The zero-order chi connectivity index (χ0) is 12.3. The number of nitrogens with two attached hydrogens (primary N) is 1. The molecule has 0 bridgehead atoms. The van der Waals surface area contributed by atoms with Crippen LogP contribution in [-0.4, -0.2) is 33.1 Å². The lowest BCUT2D eigenvalue weighted by Gasteiger charge is -2.38. The summed E-state index contributed by atoms with van der Waals surface area (Å²) in [5, 5.41) is 0. The van der Waals surface area contributed by atoms with Crippen LogP contribution in [0.1, 0.15) is 38.8 Å². The highest BCUT2D eigenvalue weighted by Crippen LogP contribution is 2.21. The molecule has 2 heterocycles. The van der Waals surface area contributed by atoms with Crippen molar-refractivity contribution in [2.75, 3.05) is 6.54 Å². The molecule has 0 aromatic carbocycles. The Morgan fingerprint density at radius 2 is 2.35 bits per heavy atom. The number of imidazole rings is 1. The van der Waals surface area contributed by atoms with E-state index in [9.17, 15) is 0 Å². The van der Waals surface area contributed by atoms with E-state index in [0.717, 1.165) is 13.1 Å². The summed E-state index contributed by atoms with van der Waals surface area (Å²) >= 11 is 0. The summed E-state index contributed by atoms with van der Waals surface area (Å²) in [6.45, 7) is 7.43. The van der Waals surface area contributed by atoms with E-state index in [1.165, 1.54) is 31.5 Å². The Balaban J connectivity index is 2.05. The number of rotatable bonds is 4. The maximum absolute atomic E-state index is 6.09. The topological polar surface area (TPSA) is 47.1 Å². The van der Waals surface area contributed by atoms with Gasteiger partial charge in [0.1, 0.15) is 0 Å². The summed E-state index contributed by atoms with van der Waals surface area (Å²) in [5.41, 5.74) is 7.40.